The molecule has 1 aliphatic heterocycles. The number of amides is 2. The van der Waals surface area contributed by atoms with Crippen molar-refractivity contribution >= 4 is 11.7 Å². The summed E-state index contributed by atoms with van der Waals surface area (Å²) in [5, 5.41) is 2.66. The van der Waals surface area contributed by atoms with E-state index in [1.54, 1.807) is 4.90 Å². The lowest BCUT2D eigenvalue weighted by molar-refractivity contribution is -0.141. The second kappa shape index (κ2) is 6.02. The molecule has 3 rings (SSSR count). The maximum absolute atomic E-state index is 12.6. The van der Waals surface area contributed by atoms with Crippen molar-refractivity contribution in [1.29, 1.82) is 0 Å². The molecule has 126 valence electrons. The average Bonchev–Trinajstić information content (AvgIpc) is 2.92. The smallest absolute Gasteiger partial charge is 0.324 e. The van der Waals surface area contributed by atoms with Gasteiger partial charge in [0.05, 0.1) is 11.9 Å². The Balaban J connectivity index is 1.56. The van der Waals surface area contributed by atoms with Gasteiger partial charge in [-0.2, -0.15) is 13.2 Å². The van der Waals surface area contributed by atoms with E-state index in [9.17, 15) is 18.0 Å². The van der Waals surface area contributed by atoms with Crippen LogP contribution in [0.1, 0.15) is 36.9 Å². The third-order valence-corrected chi connectivity index (χ3v) is 4.91. The van der Waals surface area contributed by atoms with E-state index in [4.69, 9.17) is 0 Å². The van der Waals surface area contributed by atoms with Gasteiger partial charge in [-0.15, -0.1) is 0 Å². The predicted octanol–water partition coefficient (Wildman–Crippen LogP) is 4.06. The van der Waals surface area contributed by atoms with Crippen LogP contribution < -0.4 is 5.32 Å². The van der Waals surface area contributed by atoms with Crippen molar-refractivity contribution in [1.82, 2.24) is 9.88 Å². The molecule has 1 aliphatic carbocycles. The van der Waals surface area contributed by atoms with Gasteiger partial charge in [0, 0.05) is 13.1 Å². The zero-order valence-corrected chi connectivity index (χ0v) is 13.0. The Morgan fingerprint density at radius 2 is 1.91 bits per heavy atom. The van der Waals surface area contributed by atoms with E-state index in [0.29, 0.717) is 17.2 Å². The zero-order valence-electron chi connectivity index (χ0n) is 13.0. The number of carbonyl (C=O) groups excluding carboxylic acids is 1. The van der Waals surface area contributed by atoms with E-state index < -0.39 is 11.9 Å². The number of aryl methyl sites for hydroxylation is 1. The molecule has 0 bridgehead atoms. The van der Waals surface area contributed by atoms with Gasteiger partial charge in [0.2, 0.25) is 0 Å². The zero-order chi connectivity index (χ0) is 16.6. The average molecular weight is 327 g/mol. The molecule has 4 nitrogen and oxygen atoms in total. The maximum Gasteiger partial charge on any atom is 0.433 e. The number of hydrogen-bond acceptors (Lipinski definition) is 2. The summed E-state index contributed by atoms with van der Waals surface area (Å²) in [4.78, 5) is 17.2. The molecular weight excluding hydrogens is 307 g/mol. The third-order valence-electron chi connectivity index (χ3n) is 4.91. The minimum atomic E-state index is -4.47. The van der Waals surface area contributed by atoms with Crippen molar-refractivity contribution in [2.75, 3.05) is 18.4 Å². The quantitative estimate of drug-likeness (QED) is 0.890. The molecule has 7 heteroatoms. The fourth-order valence-electron chi connectivity index (χ4n) is 3.44. The molecule has 1 saturated heterocycles. The number of rotatable bonds is 2. The van der Waals surface area contributed by atoms with E-state index >= 15 is 0 Å². The van der Waals surface area contributed by atoms with Gasteiger partial charge < -0.3 is 10.2 Å². The molecule has 2 aliphatic rings. The SMILES string of the molecule is Cc1cc(C(F)(F)F)ncc1NC(=O)N1CC(C2CCCC2)C1. The first-order chi connectivity index (χ1) is 10.8. The summed E-state index contributed by atoms with van der Waals surface area (Å²) in [5.41, 5.74) is -0.265. The van der Waals surface area contributed by atoms with Gasteiger partial charge in [-0.25, -0.2) is 9.78 Å². The lowest BCUT2D eigenvalue weighted by atomic mass is 9.85. The van der Waals surface area contributed by atoms with Gasteiger partial charge in [-0.3, -0.25) is 0 Å². The number of nitrogens with zero attached hydrogens (tertiary/aromatic N) is 2. The number of urea groups is 1. The van der Waals surface area contributed by atoms with E-state index in [1.165, 1.54) is 32.6 Å². The summed E-state index contributed by atoms with van der Waals surface area (Å²) in [6.45, 7) is 3.01. The van der Waals surface area contributed by atoms with Crippen LogP contribution in [0.3, 0.4) is 0 Å². The van der Waals surface area contributed by atoms with Crippen LogP contribution in [0.4, 0.5) is 23.7 Å². The number of alkyl halides is 3. The molecule has 1 N–H and O–H groups in total. The van der Waals surface area contributed by atoms with Crippen molar-refractivity contribution in [2.24, 2.45) is 11.8 Å². The topological polar surface area (TPSA) is 45.2 Å². The van der Waals surface area contributed by atoms with E-state index in [0.717, 1.165) is 31.3 Å². The van der Waals surface area contributed by atoms with Crippen LogP contribution in [0.15, 0.2) is 12.3 Å². The summed E-state index contributed by atoms with van der Waals surface area (Å²) in [5.74, 6) is 1.31. The highest BCUT2D eigenvalue weighted by Gasteiger charge is 2.37. The molecule has 1 aromatic heterocycles. The first-order valence-corrected chi connectivity index (χ1v) is 7.94. The first-order valence-electron chi connectivity index (χ1n) is 7.94. The summed E-state index contributed by atoms with van der Waals surface area (Å²) in [6, 6.07) is 0.691. The molecule has 0 aromatic carbocycles. The van der Waals surface area contributed by atoms with Gasteiger partial charge >= 0.3 is 12.2 Å². The molecular formula is C16H20F3N3O. The van der Waals surface area contributed by atoms with Crippen LogP contribution in [-0.2, 0) is 6.18 Å². The maximum atomic E-state index is 12.6. The van der Waals surface area contributed by atoms with E-state index in [-0.39, 0.29) is 6.03 Å². The summed E-state index contributed by atoms with van der Waals surface area (Å²) < 4.78 is 37.8. The predicted molar refractivity (Wildman–Crippen MR) is 80.0 cm³/mol. The van der Waals surface area contributed by atoms with Crippen molar-refractivity contribution < 1.29 is 18.0 Å². The highest BCUT2D eigenvalue weighted by Crippen LogP contribution is 2.36. The Kier molecular flexibility index (Phi) is 4.21. The van der Waals surface area contributed by atoms with E-state index in [1.807, 2.05) is 0 Å². The lowest BCUT2D eigenvalue weighted by Gasteiger charge is -2.42. The fourth-order valence-corrected chi connectivity index (χ4v) is 3.44. The number of nitrogens with one attached hydrogen (secondary N) is 1. The number of halogens is 3. The van der Waals surface area contributed by atoms with Crippen LogP contribution >= 0.6 is 0 Å². The molecule has 0 unspecified atom stereocenters. The molecule has 2 amide bonds. The number of aromatic nitrogens is 1. The van der Waals surface area contributed by atoms with Crippen LogP contribution in [0.5, 0.6) is 0 Å². The Morgan fingerprint density at radius 3 is 2.48 bits per heavy atom. The molecule has 0 spiro atoms. The van der Waals surface area contributed by atoms with Crippen LogP contribution in [-0.4, -0.2) is 29.0 Å². The monoisotopic (exact) mass is 327 g/mol. The van der Waals surface area contributed by atoms with Gasteiger partial charge in [0.25, 0.3) is 0 Å². The second-order valence-corrected chi connectivity index (χ2v) is 6.52. The lowest BCUT2D eigenvalue weighted by Crippen LogP contribution is -2.53. The molecule has 23 heavy (non-hydrogen) atoms. The standard InChI is InChI=1S/C16H20F3N3O/c1-10-6-14(16(17,18)19)20-7-13(10)21-15(23)22-8-12(9-22)11-4-2-3-5-11/h6-7,11-12H,2-5,8-9H2,1H3,(H,21,23). The van der Waals surface area contributed by atoms with Crippen molar-refractivity contribution in [3.63, 3.8) is 0 Å². The normalized spacial score (nSPS) is 19.7. The largest absolute Gasteiger partial charge is 0.433 e. The Labute approximate surface area is 133 Å². The second-order valence-electron chi connectivity index (χ2n) is 6.52. The Hall–Kier alpha value is -1.79. The fraction of sp³-hybridized carbons (Fsp3) is 0.625. The number of pyridine rings is 1. The highest BCUT2D eigenvalue weighted by molar-refractivity contribution is 5.90. The van der Waals surface area contributed by atoms with Crippen LogP contribution in [0.2, 0.25) is 0 Å². The van der Waals surface area contributed by atoms with Crippen molar-refractivity contribution in [3.8, 4) is 0 Å². The number of carbonyl (C=O) groups is 1. The number of hydrogen-bond donors (Lipinski definition) is 1. The van der Waals surface area contributed by atoms with Gasteiger partial charge in [0.1, 0.15) is 5.69 Å². The van der Waals surface area contributed by atoms with Crippen molar-refractivity contribution in [3.05, 3.63) is 23.5 Å². The number of likely N-dealkylation sites (tertiary alicyclic amines) is 1. The Morgan fingerprint density at radius 1 is 1.26 bits per heavy atom. The highest BCUT2D eigenvalue weighted by atomic mass is 19.4. The molecule has 2 fully saturated rings. The van der Waals surface area contributed by atoms with E-state index in [2.05, 4.69) is 10.3 Å². The summed E-state index contributed by atoms with van der Waals surface area (Å²) in [7, 11) is 0. The molecule has 2 heterocycles. The Bertz CT molecular complexity index is 591. The number of anilines is 1. The van der Waals surface area contributed by atoms with Crippen LogP contribution in [0.25, 0.3) is 0 Å². The molecule has 1 aromatic rings. The van der Waals surface area contributed by atoms with Gasteiger partial charge in [-0.05, 0) is 30.4 Å². The van der Waals surface area contributed by atoms with Gasteiger partial charge in [-0.1, -0.05) is 25.7 Å². The minimum absolute atomic E-state index is 0.260. The van der Waals surface area contributed by atoms with Crippen molar-refractivity contribution in [2.45, 2.75) is 38.8 Å². The minimum Gasteiger partial charge on any atom is -0.324 e. The summed E-state index contributed by atoms with van der Waals surface area (Å²) >= 11 is 0. The van der Waals surface area contributed by atoms with Crippen LogP contribution in [0, 0.1) is 18.8 Å². The third kappa shape index (κ3) is 3.43. The first kappa shape index (κ1) is 16.1. The molecule has 1 saturated carbocycles. The molecule has 0 radical (unpaired) electrons. The summed E-state index contributed by atoms with van der Waals surface area (Å²) in [6.07, 6.45) is 1.67. The van der Waals surface area contributed by atoms with Gasteiger partial charge in [0.15, 0.2) is 0 Å². The molecule has 0 atom stereocenters.